The van der Waals surface area contributed by atoms with Gasteiger partial charge in [-0.05, 0) is 24.3 Å². The number of hydrogen-bond acceptors (Lipinski definition) is 5. The summed E-state index contributed by atoms with van der Waals surface area (Å²) in [6.07, 6.45) is 1.76. The first-order valence-electron chi connectivity index (χ1n) is 6.15. The zero-order valence-electron chi connectivity index (χ0n) is 11.0. The second-order valence-corrected chi connectivity index (χ2v) is 5.28. The number of aromatic amines is 1. The zero-order chi connectivity index (χ0) is 13.9. The predicted octanol–water partition coefficient (Wildman–Crippen LogP) is 2.58. The minimum Gasteiger partial charge on any atom is -0.497 e. The second kappa shape index (κ2) is 5.52. The largest absolute Gasteiger partial charge is 0.497 e. The molecule has 0 radical (unpaired) electrons. The summed E-state index contributed by atoms with van der Waals surface area (Å²) in [6.45, 7) is 0.436. The van der Waals surface area contributed by atoms with E-state index < -0.39 is 0 Å². The van der Waals surface area contributed by atoms with Crippen LogP contribution >= 0.6 is 11.8 Å². The third kappa shape index (κ3) is 2.61. The highest BCUT2D eigenvalue weighted by atomic mass is 32.2. The van der Waals surface area contributed by atoms with Gasteiger partial charge in [-0.2, -0.15) is 0 Å². The van der Waals surface area contributed by atoms with Gasteiger partial charge in [0, 0.05) is 23.7 Å². The van der Waals surface area contributed by atoms with Gasteiger partial charge < -0.3 is 15.5 Å². The predicted molar refractivity (Wildman–Crippen MR) is 78.9 cm³/mol. The Bertz CT molecular complexity index is 741. The van der Waals surface area contributed by atoms with E-state index in [0.717, 1.165) is 32.5 Å². The molecule has 3 rings (SSSR count). The number of aromatic nitrogens is 3. The van der Waals surface area contributed by atoms with Crippen LogP contribution in [0.15, 0.2) is 46.6 Å². The highest BCUT2D eigenvalue weighted by molar-refractivity contribution is 7.99. The van der Waals surface area contributed by atoms with E-state index in [9.17, 15) is 0 Å². The number of benzene rings is 1. The van der Waals surface area contributed by atoms with Crippen molar-refractivity contribution < 1.29 is 4.74 Å². The fourth-order valence-electron chi connectivity index (χ4n) is 1.88. The van der Waals surface area contributed by atoms with Crippen LogP contribution in [0.1, 0.15) is 5.69 Å². The maximum absolute atomic E-state index is 5.60. The average Bonchev–Trinajstić information content (AvgIpc) is 2.88. The Morgan fingerprint density at radius 3 is 3.00 bits per heavy atom. The summed E-state index contributed by atoms with van der Waals surface area (Å²) in [5.41, 5.74) is 8.34. The lowest BCUT2D eigenvalue weighted by atomic mass is 10.3. The van der Waals surface area contributed by atoms with Crippen molar-refractivity contribution in [3.8, 4) is 5.75 Å². The molecule has 20 heavy (non-hydrogen) atoms. The fourth-order valence-corrected chi connectivity index (χ4v) is 2.74. The number of nitrogens with zero attached hydrogens (tertiary/aromatic N) is 2. The normalized spacial score (nSPS) is 10.9. The van der Waals surface area contributed by atoms with Crippen molar-refractivity contribution in [2.75, 3.05) is 7.11 Å². The van der Waals surface area contributed by atoms with Crippen LogP contribution in [-0.2, 0) is 6.54 Å². The molecule has 3 N–H and O–H groups in total. The Morgan fingerprint density at radius 1 is 1.30 bits per heavy atom. The van der Waals surface area contributed by atoms with E-state index in [-0.39, 0.29) is 0 Å². The first kappa shape index (κ1) is 13.0. The first-order valence-corrected chi connectivity index (χ1v) is 6.97. The lowest BCUT2D eigenvalue weighted by molar-refractivity contribution is 0.415. The molecule has 6 heteroatoms. The molecule has 0 atom stereocenters. The average molecular weight is 286 g/mol. The first-order chi connectivity index (χ1) is 9.78. The summed E-state index contributed by atoms with van der Waals surface area (Å²) in [4.78, 5) is 13.1. The molecule has 0 unspecified atom stereocenters. The quantitative estimate of drug-likeness (QED) is 0.771. The van der Waals surface area contributed by atoms with Crippen LogP contribution in [0.2, 0.25) is 0 Å². The molecule has 0 saturated carbocycles. The number of nitrogens with two attached hydrogens (primary N) is 1. The number of imidazole rings is 1. The third-order valence-electron chi connectivity index (χ3n) is 2.88. The van der Waals surface area contributed by atoms with Gasteiger partial charge in [-0.15, -0.1) is 0 Å². The maximum Gasteiger partial charge on any atom is 0.171 e. The van der Waals surface area contributed by atoms with Crippen LogP contribution in [0.25, 0.3) is 11.0 Å². The molecule has 0 aliphatic rings. The van der Waals surface area contributed by atoms with Gasteiger partial charge in [0.1, 0.15) is 5.75 Å². The van der Waals surface area contributed by atoms with E-state index in [0.29, 0.717) is 6.54 Å². The molecular weight excluding hydrogens is 272 g/mol. The van der Waals surface area contributed by atoms with E-state index in [2.05, 4.69) is 15.0 Å². The molecule has 0 aliphatic carbocycles. The molecule has 0 fully saturated rings. The maximum atomic E-state index is 5.60. The van der Waals surface area contributed by atoms with Gasteiger partial charge in [0.25, 0.3) is 0 Å². The molecule has 102 valence electrons. The van der Waals surface area contributed by atoms with E-state index >= 15 is 0 Å². The van der Waals surface area contributed by atoms with Gasteiger partial charge >= 0.3 is 0 Å². The third-order valence-corrected chi connectivity index (χ3v) is 3.76. The smallest absolute Gasteiger partial charge is 0.171 e. The monoisotopic (exact) mass is 286 g/mol. The van der Waals surface area contributed by atoms with Gasteiger partial charge in [0.05, 0.1) is 23.8 Å². The van der Waals surface area contributed by atoms with Crippen molar-refractivity contribution in [2.45, 2.75) is 16.6 Å². The zero-order valence-corrected chi connectivity index (χ0v) is 11.8. The van der Waals surface area contributed by atoms with Gasteiger partial charge in [0.15, 0.2) is 5.16 Å². The molecule has 5 nitrogen and oxygen atoms in total. The van der Waals surface area contributed by atoms with Gasteiger partial charge in [-0.3, -0.25) is 4.98 Å². The van der Waals surface area contributed by atoms with Gasteiger partial charge in [-0.1, -0.05) is 11.8 Å². The molecule has 2 aromatic heterocycles. The molecule has 1 aromatic carbocycles. The van der Waals surface area contributed by atoms with E-state index in [1.165, 1.54) is 0 Å². The van der Waals surface area contributed by atoms with Crippen LogP contribution in [0.5, 0.6) is 5.75 Å². The Morgan fingerprint density at radius 2 is 2.20 bits per heavy atom. The molecule has 0 spiro atoms. The van der Waals surface area contributed by atoms with Gasteiger partial charge in [0.2, 0.25) is 0 Å². The van der Waals surface area contributed by atoms with Crippen molar-refractivity contribution in [2.24, 2.45) is 5.73 Å². The number of fused-ring (bicyclic) bond motifs is 1. The number of hydrogen-bond donors (Lipinski definition) is 2. The summed E-state index contributed by atoms with van der Waals surface area (Å²) < 4.78 is 5.20. The number of H-pyrrole nitrogens is 1. The Hall–Kier alpha value is -2.05. The topological polar surface area (TPSA) is 76.8 Å². The van der Waals surface area contributed by atoms with E-state index in [4.69, 9.17) is 10.5 Å². The minimum absolute atomic E-state index is 0.436. The van der Waals surface area contributed by atoms with Gasteiger partial charge in [-0.25, -0.2) is 4.98 Å². The highest BCUT2D eigenvalue weighted by Gasteiger charge is 2.06. The molecular formula is C14H14N4OS. The second-order valence-electron chi connectivity index (χ2n) is 4.21. The van der Waals surface area contributed by atoms with E-state index in [1.54, 1.807) is 25.1 Å². The summed E-state index contributed by atoms with van der Waals surface area (Å²) >= 11 is 1.55. The lowest BCUT2D eigenvalue weighted by Crippen LogP contribution is -1.98. The van der Waals surface area contributed by atoms with Crippen LogP contribution in [0, 0.1) is 0 Å². The van der Waals surface area contributed by atoms with Crippen molar-refractivity contribution in [3.05, 3.63) is 42.2 Å². The highest BCUT2D eigenvalue weighted by Crippen LogP contribution is 2.28. The van der Waals surface area contributed by atoms with Crippen LogP contribution < -0.4 is 10.5 Å². The SMILES string of the molecule is COc1ccc2nc(Sc3ccnc(CN)c3)[nH]c2c1. The molecule has 0 saturated heterocycles. The van der Waals surface area contributed by atoms with Crippen LogP contribution in [0.4, 0.5) is 0 Å². The summed E-state index contributed by atoms with van der Waals surface area (Å²) in [7, 11) is 1.65. The van der Waals surface area contributed by atoms with Crippen molar-refractivity contribution in [1.82, 2.24) is 15.0 Å². The Balaban J connectivity index is 1.90. The molecule has 0 aliphatic heterocycles. The molecule has 2 heterocycles. The molecule has 0 bridgehead atoms. The Labute approximate surface area is 120 Å². The standard InChI is InChI=1S/C14H14N4OS/c1-19-10-2-3-12-13(7-10)18-14(17-12)20-11-4-5-16-9(6-11)8-15/h2-7H,8,15H2,1H3,(H,17,18). The van der Waals surface area contributed by atoms with Crippen LogP contribution in [-0.4, -0.2) is 22.1 Å². The minimum atomic E-state index is 0.436. The lowest BCUT2D eigenvalue weighted by Gasteiger charge is -2.00. The fraction of sp³-hybridized carbons (Fsp3) is 0.143. The number of pyridine rings is 1. The van der Waals surface area contributed by atoms with Crippen molar-refractivity contribution in [3.63, 3.8) is 0 Å². The summed E-state index contributed by atoms with van der Waals surface area (Å²) in [5.74, 6) is 0.812. The summed E-state index contributed by atoms with van der Waals surface area (Å²) in [6, 6.07) is 9.68. The van der Waals surface area contributed by atoms with E-state index in [1.807, 2.05) is 30.3 Å². The number of rotatable bonds is 4. The number of ether oxygens (including phenoxy) is 1. The van der Waals surface area contributed by atoms with Crippen molar-refractivity contribution >= 4 is 22.8 Å². The number of methoxy groups -OCH3 is 1. The van der Waals surface area contributed by atoms with Crippen LogP contribution in [0.3, 0.4) is 0 Å². The summed E-state index contributed by atoms with van der Waals surface area (Å²) in [5, 5.41) is 0.836. The molecule has 3 aromatic rings. The molecule has 0 amide bonds. The Kier molecular flexibility index (Phi) is 3.58. The number of nitrogens with one attached hydrogen (secondary N) is 1. The van der Waals surface area contributed by atoms with Crippen molar-refractivity contribution in [1.29, 1.82) is 0 Å².